The van der Waals surface area contributed by atoms with E-state index in [-0.39, 0.29) is 17.9 Å². The van der Waals surface area contributed by atoms with Gasteiger partial charge in [-0.3, -0.25) is 14.7 Å². The van der Waals surface area contributed by atoms with Crippen LogP contribution in [0.4, 0.5) is 10.6 Å². The standard InChI is InChI=1S/C32H40N4O3.C7H14N2O2/c1-21-29(38-2)15-14-27(34-21)23-10-8-22(9-11-23)19-36(32(37)25-6-4-3-5-7-25)30-18-26(16-17-33-30)28-20-39-31(35-28)24-12-13-24;1-8(2)6-4-9(5-6)7(10)11-3/h14-18,20,22-25H,3-13,19H2,1-2H3;6H,4-5H2,1-3H3. The second-order valence-corrected chi connectivity index (χ2v) is 14.8. The molecule has 3 aromatic heterocycles. The van der Waals surface area contributed by atoms with Crippen molar-refractivity contribution in [3.8, 4) is 17.0 Å². The Kier molecular flexibility index (Phi) is 11.7. The lowest BCUT2D eigenvalue weighted by atomic mass is 9.79. The molecule has 0 aromatic carbocycles. The molecule has 11 heteroatoms. The number of pyridine rings is 2. The average Bonchev–Trinajstić information content (AvgIpc) is 3.86. The molecule has 0 N–H and O–H groups in total. The maximum Gasteiger partial charge on any atom is 0.409 e. The summed E-state index contributed by atoms with van der Waals surface area (Å²) in [5.74, 6) is 4.14. The summed E-state index contributed by atoms with van der Waals surface area (Å²) in [6.45, 7) is 4.31. The maximum absolute atomic E-state index is 13.9. The van der Waals surface area contributed by atoms with E-state index in [0.717, 1.165) is 124 Å². The fraction of sp³-hybridized carbons (Fsp3) is 0.615. The lowest BCUT2D eigenvalue weighted by molar-refractivity contribution is -0.123. The minimum atomic E-state index is -0.219. The highest BCUT2D eigenvalue weighted by molar-refractivity contribution is 5.94. The number of hydrogen-bond donors (Lipinski definition) is 0. The Balaban J connectivity index is 0.000000336. The van der Waals surface area contributed by atoms with E-state index < -0.39 is 0 Å². The molecule has 3 aromatic rings. The molecular formula is C39H54N6O5. The first kappa shape index (κ1) is 35.8. The molecule has 0 unspecified atom stereocenters. The SMILES string of the molecule is COC(=O)N1CC(N(C)C)C1.COc1ccc(C2CCC(CN(C(=O)C3CCCCC3)c3cc(-c4coc(C5CC5)n4)ccn3)CC2)nc1C. The topological polar surface area (TPSA) is 114 Å². The number of aromatic nitrogens is 3. The zero-order valence-corrected chi connectivity index (χ0v) is 30.5. The molecule has 0 atom stereocenters. The minimum absolute atomic E-state index is 0.0977. The second-order valence-electron chi connectivity index (χ2n) is 14.8. The average molecular weight is 687 g/mol. The highest BCUT2D eigenvalue weighted by Gasteiger charge is 2.34. The Morgan fingerprint density at radius 3 is 2.28 bits per heavy atom. The van der Waals surface area contributed by atoms with Crippen molar-refractivity contribution in [2.75, 3.05) is 52.8 Å². The van der Waals surface area contributed by atoms with E-state index >= 15 is 0 Å². The van der Waals surface area contributed by atoms with Gasteiger partial charge in [0, 0.05) is 60.9 Å². The number of hydrogen-bond acceptors (Lipinski definition) is 9. The minimum Gasteiger partial charge on any atom is -0.495 e. The first-order chi connectivity index (χ1) is 24.2. The van der Waals surface area contributed by atoms with Gasteiger partial charge in [0.25, 0.3) is 0 Å². The predicted molar refractivity (Wildman–Crippen MR) is 192 cm³/mol. The van der Waals surface area contributed by atoms with Crippen molar-refractivity contribution >= 4 is 17.8 Å². The van der Waals surface area contributed by atoms with Gasteiger partial charge in [-0.25, -0.2) is 14.8 Å². The largest absolute Gasteiger partial charge is 0.495 e. The zero-order chi connectivity index (χ0) is 35.2. The summed E-state index contributed by atoms with van der Waals surface area (Å²) in [5.41, 5.74) is 3.90. The summed E-state index contributed by atoms with van der Waals surface area (Å²) in [6.07, 6.45) is 15.5. The van der Waals surface area contributed by atoms with Crippen LogP contribution in [0.1, 0.15) is 99.7 Å². The van der Waals surface area contributed by atoms with Crippen LogP contribution >= 0.6 is 0 Å². The number of carbonyl (C=O) groups excluding carboxylic acids is 2. The lowest BCUT2D eigenvalue weighted by Gasteiger charge is -2.41. The molecule has 4 aliphatic rings. The van der Waals surface area contributed by atoms with E-state index in [1.807, 2.05) is 50.3 Å². The molecule has 4 heterocycles. The third kappa shape index (κ3) is 8.65. The van der Waals surface area contributed by atoms with Crippen LogP contribution in [0.5, 0.6) is 5.75 Å². The number of amides is 2. The number of carbonyl (C=O) groups is 2. The Labute approximate surface area is 296 Å². The van der Waals surface area contributed by atoms with Crippen LogP contribution in [0, 0.1) is 18.8 Å². The molecule has 2 amide bonds. The van der Waals surface area contributed by atoms with Crippen LogP contribution < -0.4 is 9.64 Å². The fourth-order valence-electron chi connectivity index (χ4n) is 7.50. The maximum atomic E-state index is 13.9. The van der Waals surface area contributed by atoms with Crippen molar-refractivity contribution in [3.63, 3.8) is 0 Å². The molecule has 50 heavy (non-hydrogen) atoms. The van der Waals surface area contributed by atoms with Gasteiger partial charge in [0.1, 0.15) is 23.5 Å². The van der Waals surface area contributed by atoms with Crippen LogP contribution in [-0.4, -0.2) is 90.7 Å². The summed E-state index contributed by atoms with van der Waals surface area (Å²) in [6, 6.07) is 8.66. The van der Waals surface area contributed by atoms with Gasteiger partial charge in [0.05, 0.1) is 19.9 Å². The van der Waals surface area contributed by atoms with Gasteiger partial charge in [-0.15, -0.1) is 0 Å². The summed E-state index contributed by atoms with van der Waals surface area (Å²) in [7, 11) is 7.13. The summed E-state index contributed by atoms with van der Waals surface area (Å²) >= 11 is 0. The number of methoxy groups -OCH3 is 2. The second kappa shape index (κ2) is 16.4. The van der Waals surface area contributed by atoms with Crippen LogP contribution in [-0.2, 0) is 9.53 Å². The number of oxazole rings is 1. The van der Waals surface area contributed by atoms with Gasteiger partial charge in [-0.1, -0.05) is 19.3 Å². The molecule has 4 fully saturated rings. The summed E-state index contributed by atoms with van der Waals surface area (Å²) in [5, 5.41) is 0. The smallest absolute Gasteiger partial charge is 0.409 e. The third-order valence-electron chi connectivity index (χ3n) is 11.0. The summed E-state index contributed by atoms with van der Waals surface area (Å²) < 4.78 is 15.7. The molecule has 7 rings (SSSR count). The molecule has 270 valence electrons. The first-order valence-electron chi connectivity index (χ1n) is 18.5. The van der Waals surface area contributed by atoms with E-state index in [9.17, 15) is 9.59 Å². The van der Waals surface area contributed by atoms with E-state index in [1.165, 1.54) is 13.5 Å². The van der Waals surface area contributed by atoms with E-state index in [2.05, 4.69) is 15.7 Å². The van der Waals surface area contributed by atoms with Crippen molar-refractivity contribution in [2.24, 2.45) is 11.8 Å². The highest BCUT2D eigenvalue weighted by Crippen LogP contribution is 2.41. The van der Waals surface area contributed by atoms with Crippen LogP contribution in [0.3, 0.4) is 0 Å². The van der Waals surface area contributed by atoms with Crippen molar-refractivity contribution in [2.45, 2.75) is 95.4 Å². The van der Waals surface area contributed by atoms with Crippen molar-refractivity contribution in [1.29, 1.82) is 0 Å². The number of nitrogens with zero attached hydrogens (tertiary/aromatic N) is 6. The first-order valence-corrected chi connectivity index (χ1v) is 18.5. The number of rotatable bonds is 9. The van der Waals surface area contributed by atoms with Crippen LogP contribution in [0.2, 0.25) is 0 Å². The molecular weight excluding hydrogens is 632 g/mol. The quantitative estimate of drug-likeness (QED) is 0.230. The monoisotopic (exact) mass is 686 g/mol. The molecule has 0 radical (unpaired) electrons. The van der Waals surface area contributed by atoms with Crippen molar-refractivity contribution in [3.05, 3.63) is 54.0 Å². The number of ether oxygens (including phenoxy) is 2. The van der Waals surface area contributed by atoms with Crippen LogP contribution in [0.15, 0.2) is 41.1 Å². The number of aryl methyl sites for hydroxylation is 1. The molecule has 3 aliphatic carbocycles. The third-order valence-corrected chi connectivity index (χ3v) is 11.0. The Hall–Kier alpha value is -3.99. The Morgan fingerprint density at radius 2 is 1.64 bits per heavy atom. The van der Waals surface area contributed by atoms with Crippen molar-refractivity contribution in [1.82, 2.24) is 24.8 Å². The number of likely N-dealkylation sites (tertiary alicyclic amines) is 1. The lowest BCUT2D eigenvalue weighted by Crippen LogP contribution is -2.59. The van der Waals surface area contributed by atoms with E-state index in [1.54, 1.807) is 18.3 Å². The Bertz CT molecular complexity index is 1580. The van der Waals surface area contributed by atoms with E-state index in [0.29, 0.717) is 23.8 Å². The van der Waals surface area contributed by atoms with Gasteiger partial charge >= 0.3 is 6.09 Å². The predicted octanol–water partition coefficient (Wildman–Crippen LogP) is 7.21. The van der Waals surface area contributed by atoms with Gasteiger partial charge in [0.2, 0.25) is 5.91 Å². The van der Waals surface area contributed by atoms with Crippen LogP contribution in [0.25, 0.3) is 11.3 Å². The van der Waals surface area contributed by atoms with Gasteiger partial charge < -0.3 is 23.7 Å². The van der Waals surface area contributed by atoms with Crippen molar-refractivity contribution < 1.29 is 23.5 Å². The molecule has 11 nitrogen and oxygen atoms in total. The van der Waals surface area contributed by atoms with Gasteiger partial charge in [-0.2, -0.15) is 0 Å². The normalized spacial score (nSPS) is 21.2. The molecule has 3 saturated carbocycles. The molecule has 1 aliphatic heterocycles. The molecule has 0 spiro atoms. The Morgan fingerprint density at radius 1 is 0.920 bits per heavy atom. The molecule has 1 saturated heterocycles. The zero-order valence-electron chi connectivity index (χ0n) is 30.5. The van der Waals surface area contributed by atoms with Gasteiger partial charge in [0.15, 0.2) is 5.89 Å². The number of anilines is 1. The van der Waals surface area contributed by atoms with E-state index in [4.69, 9.17) is 24.1 Å². The molecule has 0 bridgehead atoms. The van der Waals surface area contributed by atoms with Gasteiger partial charge in [-0.05, 0) is 103 Å². The fourth-order valence-corrected chi connectivity index (χ4v) is 7.50. The highest BCUT2D eigenvalue weighted by atomic mass is 16.5. The summed E-state index contributed by atoms with van der Waals surface area (Å²) in [4.78, 5) is 44.9. The number of likely N-dealkylation sites (N-methyl/N-ethyl adjacent to an activating group) is 1.